The number of carbonyl (C=O) groups is 2. The third-order valence-corrected chi connectivity index (χ3v) is 2.23. The van der Waals surface area contributed by atoms with Crippen LogP contribution in [0.2, 0.25) is 0 Å². The van der Waals surface area contributed by atoms with Crippen LogP contribution < -0.4 is 0 Å². The lowest BCUT2D eigenvalue weighted by molar-refractivity contribution is -0.149. The summed E-state index contributed by atoms with van der Waals surface area (Å²) < 4.78 is 0. The van der Waals surface area contributed by atoms with Crippen molar-refractivity contribution in [1.29, 1.82) is 0 Å². The highest BCUT2D eigenvalue weighted by molar-refractivity contribution is 5.95. The Labute approximate surface area is 85.5 Å². The van der Waals surface area contributed by atoms with E-state index in [1.165, 1.54) is 6.92 Å². The van der Waals surface area contributed by atoms with E-state index >= 15 is 0 Å². The molecule has 0 saturated heterocycles. The molecule has 3 nitrogen and oxygen atoms in total. The minimum absolute atomic E-state index is 0.0837. The Morgan fingerprint density at radius 2 is 1.64 bits per heavy atom. The maximum atomic E-state index is 11.9. The zero-order chi connectivity index (χ0) is 11.6. The first-order valence-corrected chi connectivity index (χ1v) is 4.90. The summed E-state index contributed by atoms with van der Waals surface area (Å²) >= 11 is 0. The summed E-state index contributed by atoms with van der Waals surface area (Å²) in [6.45, 7) is 8.34. The lowest BCUT2D eigenvalue weighted by Crippen LogP contribution is -2.46. The van der Waals surface area contributed by atoms with E-state index in [1.54, 1.807) is 27.7 Å². The van der Waals surface area contributed by atoms with Crippen LogP contribution in [-0.2, 0) is 9.59 Å². The molecular weight excluding hydrogens is 180 g/mol. The normalized spacial score (nSPS) is 16.1. The Morgan fingerprint density at radius 1 is 1.21 bits per heavy atom. The van der Waals surface area contributed by atoms with Crippen molar-refractivity contribution in [2.45, 2.75) is 53.1 Å². The summed E-state index contributed by atoms with van der Waals surface area (Å²) in [5, 5.41) is 10.0. The first-order valence-electron chi connectivity index (χ1n) is 4.90. The van der Waals surface area contributed by atoms with Crippen LogP contribution >= 0.6 is 0 Å². The van der Waals surface area contributed by atoms with Gasteiger partial charge in [0, 0.05) is 11.8 Å². The molecule has 3 heteroatoms. The molecule has 0 aromatic rings. The van der Waals surface area contributed by atoms with Crippen molar-refractivity contribution in [1.82, 2.24) is 0 Å². The van der Waals surface area contributed by atoms with Crippen LogP contribution in [0.5, 0.6) is 0 Å². The smallest absolute Gasteiger partial charge is 0.170 e. The molecule has 0 radical (unpaired) electrons. The fourth-order valence-corrected chi connectivity index (χ4v) is 1.48. The molecule has 0 unspecified atom stereocenters. The molecule has 0 heterocycles. The molecule has 0 saturated carbocycles. The molecule has 1 atom stereocenters. The van der Waals surface area contributed by atoms with Gasteiger partial charge in [0.1, 0.15) is 11.4 Å². The van der Waals surface area contributed by atoms with Gasteiger partial charge in [0.05, 0.1) is 0 Å². The lowest BCUT2D eigenvalue weighted by Gasteiger charge is -2.31. The van der Waals surface area contributed by atoms with Crippen molar-refractivity contribution in [2.75, 3.05) is 0 Å². The van der Waals surface area contributed by atoms with Gasteiger partial charge in [-0.2, -0.15) is 0 Å². The quantitative estimate of drug-likeness (QED) is 0.751. The van der Waals surface area contributed by atoms with Gasteiger partial charge < -0.3 is 5.11 Å². The van der Waals surface area contributed by atoms with Crippen molar-refractivity contribution < 1.29 is 14.7 Å². The summed E-state index contributed by atoms with van der Waals surface area (Å²) in [6, 6.07) is 0. The molecule has 0 amide bonds. The predicted molar refractivity (Wildman–Crippen MR) is 55.0 cm³/mol. The summed E-state index contributed by atoms with van der Waals surface area (Å²) in [5.74, 6) is -0.422. The maximum absolute atomic E-state index is 11.9. The van der Waals surface area contributed by atoms with Crippen LogP contribution in [0.4, 0.5) is 0 Å². The zero-order valence-electron chi connectivity index (χ0n) is 9.68. The largest absolute Gasteiger partial charge is 0.382 e. The molecule has 0 bridgehead atoms. The first-order chi connectivity index (χ1) is 6.13. The number of hydrogen-bond acceptors (Lipinski definition) is 3. The molecule has 82 valence electrons. The average molecular weight is 200 g/mol. The second kappa shape index (κ2) is 4.22. The van der Waals surface area contributed by atoms with Gasteiger partial charge in [-0.05, 0) is 13.3 Å². The van der Waals surface area contributed by atoms with E-state index in [-0.39, 0.29) is 24.4 Å². The highest BCUT2D eigenvalue weighted by Crippen LogP contribution is 2.28. The van der Waals surface area contributed by atoms with Crippen LogP contribution in [0.3, 0.4) is 0 Å². The Hall–Kier alpha value is -0.700. The van der Waals surface area contributed by atoms with Gasteiger partial charge in [-0.25, -0.2) is 0 Å². The minimum atomic E-state index is -1.48. The Morgan fingerprint density at radius 3 is 1.86 bits per heavy atom. The van der Waals surface area contributed by atoms with Crippen molar-refractivity contribution in [3.05, 3.63) is 0 Å². The van der Waals surface area contributed by atoms with E-state index in [0.29, 0.717) is 0 Å². The summed E-state index contributed by atoms with van der Waals surface area (Å²) in [4.78, 5) is 22.8. The molecule has 0 rings (SSSR count). The lowest BCUT2D eigenvalue weighted by atomic mass is 9.76. The molecular formula is C11H20O3. The Kier molecular flexibility index (Phi) is 4.01. The van der Waals surface area contributed by atoms with Crippen LogP contribution in [0.25, 0.3) is 0 Å². The van der Waals surface area contributed by atoms with E-state index in [0.717, 1.165) is 0 Å². The highest BCUT2D eigenvalue weighted by Gasteiger charge is 2.41. The van der Waals surface area contributed by atoms with Gasteiger partial charge in [0.25, 0.3) is 0 Å². The number of hydrogen-bond donors (Lipinski definition) is 1. The fraction of sp³-hybridized carbons (Fsp3) is 0.818. The topological polar surface area (TPSA) is 54.4 Å². The van der Waals surface area contributed by atoms with E-state index in [2.05, 4.69) is 0 Å². The SMILES string of the molecule is CC[C@@](O)(CC(C)=O)C(=O)C(C)(C)C. The van der Waals surface area contributed by atoms with Crippen molar-refractivity contribution >= 4 is 11.6 Å². The van der Waals surface area contributed by atoms with Crippen molar-refractivity contribution in [3.63, 3.8) is 0 Å². The molecule has 0 aliphatic rings. The van der Waals surface area contributed by atoms with E-state index in [1.807, 2.05) is 0 Å². The van der Waals surface area contributed by atoms with E-state index in [9.17, 15) is 14.7 Å². The third-order valence-electron chi connectivity index (χ3n) is 2.23. The van der Waals surface area contributed by atoms with E-state index < -0.39 is 11.0 Å². The summed E-state index contributed by atoms with van der Waals surface area (Å²) in [5.41, 5.74) is -2.09. The molecule has 0 aliphatic carbocycles. The average Bonchev–Trinajstić information content (AvgIpc) is 2.00. The third kappa shape index (κ3) is 3.22. The highest BCUT2D eigenvalue weighted by atomic mass is 16.3. The van der Waals surface area contributed by atoms with Gasteiger partial charge in [0.15, 0.2) is 5.78 Å². The van der Waals surface area contributed by atoms with Gasteiger partial charge in [-0.3, -0.25) is 9.59 Å². The Bertz CT molecular complexity index is 237. The van der Waals surface area contributed by atoms with E-state index in [4.69, 9.17) is 0 Å². The molecule has 1 N–H and O–H groups in total. The standard InChI is InChI=1S/C11H20O3/c1-6-11(14,7-8(2)12)9(13)10(3,4)5/h14H,6-7H2,1-5H3/t11-/m1/s1. The molecule has 0 fully saturated rings. The predicted octanol–water partition coefficient (Wildman–Crippen LogP) is 1.72. The van der Waals surface area contributed by atoms with Crippen molar-refractivity contribution in [2.24, 2.45) is 5.41 Å². The minimum Gasteiger partial charge on any atom is -0.382 e. The van der Waals surface area contributed by atoms with Crippen LogP contribution in [0.1, 0.15) is 47.5 Å². The fourth-order valence-electron chi connectivity index (χ4n) is 1.48. The molecule has 0 aliphatic heterocycles. The molecule has 0 aromatic carbocycles. The summed E-state index contributed by atoms with van der Waals surface area (Å²) in [7, 11) is 0. The van der Waals surface area contributed by atoms with Crippen LogP contribution in [-0.4, -0.2) is 22.3 Å². The molecule has 14 heavy (non-hydrogen) atoms. The molecule has 0 aromatic heterocycles. The second-order valence-corrected chi connectivity index (χ2v) is 4.84. The first kappa shape index (κ1) is 13.3. The van der Waals surface area contributed by atoms with Gasteiger partial charge in [0.2, 0.25) is 0 Å². The van der Waals surface area contributed by atoms with Gasteiger partial charge in [-0.15, -0.1) is 0 Å². The second-order valence-electron chi connectivity index (χ2n) is 4.84. The Balaban J connectivity index is 4.86. The number of rotatable bonds is 4. The molecule has 0 spiro atoms. The maximum Gasteiger partial charge on any atom is 0.170 e. The zero-order valence-corrected chi connectivity index (χ0v) is 9.68. The summed E-state index contributed by atoms with van der Waals surface area (Å²) in [6.07, 6.45) is 0.197. The monoisotopic (exact) mass is 200 g/mol. The van der Waals surface area contributed by atoms with Crippen LogP contribution in [0, 0.1) is 5.41 Å². The van der Waals surface area contributed by atoms with Gasteiger partial charge >= 0.3 is 0 Å². The van der Waals surface area contributed by atoms with Gasteiger partial charge in [-0.1, -0.05) is 27.7 Å². The van der Waals surface area contributed by atoms with Crippen LogP contribution in [0.15, 0.2) is 0 Å². The number of aliphatic hydroxyl groups is 1. The number of carbonyl (C=O) groups excluding carboxylic acids is 2. The number of Topliss-reactive ketones (excluding diaryl/α,β-unsaturated/α-hetero) is 2. The van der Waals surface area contributed by atoms with Crippen molar-refractivity contribution in [3.8, 4) is 0 Å². The number of ketones is 2.